The van der Waals surface area contributed by atoms with Gasteiger partial charge in [-0.2, -0.15) is 0 Å². The molecule has 0 unspecified atom stereocenters. The van der Waals surface area contributed by atoms with E-state index >= 15 is 0 Å². The number of nitrogens with zero attached hydrogens (tertiary/aromatic N) is 2. The lowest BCUT2D eigenvalue weighted by atomic mass is 9.96. The number of benzene rings is 2. The molecule has 174 valence electrons. The number of thiazole rings is 1. The summed E-state index contributed by atoms with van der Waals surface area (Å²) in [6, 6.07) is 10.8. The number of allylic oxidation sites excluding steroid dienone is 1. The van der Waals surface area contributed by atoms with Crippen LogP contribution in [0.5, 0.6) is 5.75 Å². The molecule has 0 radical (unpaired) electrons. The van der Waals surface area contributed by atoms with Gasteiger partial charge in [0.15, 0.2) is 4.80 Å². The molecule has 1 aliphatic rings. The monoisotopic (exact) mass is 516 g/mol. The van der Waals surface area contributed by atoms with Gasteiger partial charge in [-0.25, -0.2) is 9.79 Å². The molecular weight excluding hydrogens is 499 g/mol. The van der Waals surface area contributed by atoms with Crippen molar-refractivity contribution < 1.29 is 19.1 Å². The molecule has 0 spiro atoms. The van der Waals surface area contributed by atoms with Crippen LogP contribution in [-0.2, 0) is 14.3 Å². The summed E-state index contributed by atoms with van der Waals surface area (Å²) in [5, 5.41) is 0.890. The Morgan fingerprint density at radius 1 is 1.15 bits per heavy atom. The van der Waals surface area contributed by atoms with Gasteiger partial charge < -0.3 is 9.47 Å². The summed E-state index contributed by atoms with van der Waals surface area (Å²) in [7, 11) is 1.27. The summed E-state index contributed by atoms with van der Waals surface area (Å²) in [5.41, 5.74) is 1.60. The highest BCUT2D eigenvalue weighted by atomic mass is 35.5. The van der Waals surface area contributed by atoms with Gasteiger partial charge in [0.25, 0.3) is 5.56 Å². The highest BCUT2D eigenvalue weighted by Gasteiger charge is 2.33. The first-order valence-electron chi connectivity index (χ1n) is 10.0. The highest BCUT2D eigenvalue weighted by molar-refractivity contribution is 7.07. The van der Waals surface area contributed by atoms with E-state index in [1.165, 1.54) is 29.9 Å². The second-order valence-corrected chi connectivity index (χ2v) is 9.25. The zero-order valence-corrected chi connectivity index (χ0v) is 20.6. The summed E-state index contributed by atoms with van der Waals surface area (Å²) in [6.45, 7) is 3.00. The third-order valence-corrected chi connectivity index (χ3v) is 6.68. The normalized spacial score (nSPS) is 15.6. The Balaban J connectivity index is 1.92. The third kappa shape index (κ3) is 4.57. The molecule has 3 aromatic rings. The van der Waals surface area contributed by atoms with E-state index in [0.29, 0.717) is 42.0 Å². The van der Waals surface area contributed by atoms with Crippen molar-refractivity contribution in [1.82, 2.24) is 4.57 Å². The molecule has 34 heavy (non-hydrogen) atoms. The number of methoxy groups -OCH3 is 1. The molecule has 1 aromatic heterocycles. The molecule has 10 heteroatoms. The summed E-state index contributed by atoms with van der Waals surface area (Å²) < 4.78 is 11.9. The van der Waals surface area contributed by atoms with E-state index in [-0.39, 0.29) is 11.1 Å². The Labute approximate surface area is 208 Å². The van der Waals surface area contributed by atoms with Crippen LogP contribution in [0.3, 0.4) is 0 Å². The number of hydrogen-bond acceptors (Lipinski definition) is 7. The van der Waals surface area contributed by atoms with Crippen LogP contribution >= 0.6 is 34.5 Å². The van der Waals surface area contributed by atoms with Crippen LogP contribution < -0.4 is 19.6 Å². The van der Waals surface area contributed by atoms with Crippen molar-refractivity contribution in [3.05, 3.63) is 94.6 Å². The Morgan fingerprint density at radius 3 is 2.47 bits per heavy atom. The van der Waals surface area contributed by atoms with Crippen molar-refractivity contribution in [2.24, 2.45) is 4.99 Å². The van der Waals surface area contributed by atoms with Gasteiger partial charge in [-0.1, -0.05) is 52.7 Å². The number of fused-ring (bicyclic) bond motifs is 1. The van der Waals surface area contributed by atoms with E-state index in [0.717, 1.165) is 0 Å². The van der Waals surface area contributed by atoms with Crippen molar-refractivity contribution in [2.75, 3.05) is 7.11 Å². The number of esters is 2. The average Bonchev–Trinajstić information content (AvgIpc) is 3.09. The first kappa shape index (κ1) is 23.9. The molecule has 7 nitrogen and oxygen atoms in total. The molecule has 0 saturated heterocycles. The molecule has 2 aromatic carbocycles. The van der Waals surface area contributed by atoms with E-state index in [2.05, 4.69) is 4.99 Å². The van der Waals surface area contributed by atoms with Crippen LogP contribution in [0.1, 0.15) is 31.0 Å². The van der Waals surface area contributed by atoms with Gasteiger partial charge >= 0.3 is 11.9 Å². The molecule has 2 heterocycles. The summed E-state index contributed by atoms with van der Waals surface area (Å²) >= 11 is 13.5. The molecule has 0 fully saturated rings. The molecule has 1 aliphatic heterocycles. The summed E-state index contributed by atoms with van der Waals surface area (Å²) in [6.07, 6.45) is 1.67. The third-order valence-electron chi connectivity index (χ3n) is 5.13. The maximum Gasteiger partial charge on any atom is 0.338 e. The lowest BCUT2D eigenvalue weighted by Crippen LogP contribution is -2.39. The predicted octanol–water partition coefficient (Wildman–Crippen LogP) is 3.64. The first-order chi connectivity index (χ1) is 16.2. The standard InChI is InChI=1S/C24H18Cl2N2O5S/c1-12-20(23(31)32-3)21(14-5-8-17(9-6-14)33-13(2)29)28-22(30)19(34-24(28)27-12)10-15-4-7-16(25)11-18(15)26/h4-11,21H,1-3H3/b19-10+/t21-/m0/s1. The fourth-order valence-corrected chi connectivity index (χ4v) is 5.15. The Kier molecular flexibility index (Phi) is 6.74. The quantitative estimate of drug-likeness (QED) is 0.390. The van der Waals surface area contributed by atoms with Crippen LogP contribution in [0, 0.1) is 0 Å². The fraction of sp³-hybridized carbons (Fsp3) is 0.167. The fourth-order valence-electron chi connectivity index (χ4n) is 3.65. The van der Waals surface area contributed by atoms with Crippen molar-refractivity contribution in [2.45, 2.75) is 19.9 Å². The average molecular weight is 517 g/mol. The molecule has 0 bridgehead atoms. The number of aromatic nitrogens is 1. The van der Waals surface area contributed by atoms with E-state index in [4.69, 9.17) is 32.7 Å². The number of ether oxygens (including phenoxy) is 2. The lowest BCUT2D eigenvalue weighted by molar-refractivity contribution is -0.136. The largest absolute Gasteiger partial charge is 0.466 e. The highest BCUT2D eigenvalue weighted by Crippen LogP contribution is 2.31. The number of hydrogen-bond donors (Lipinski definition) is 0. The maximum atomic E-state index is 13.5. The second kappa shape index (κ2) is 9.58. The van der Waals surface area contributed by atoms with Crippen molar-refractivity contribution in [3.8, 4) is 5.75 Å². The van der Waals surface area contributed by atoms with Crippen molar-refractivity contribution >= 4 is 52.6 Å². The lowest BCUT2D eigenvalue weighted by Gasteiger charge is -2.24. The summed E-state index contributed by atoms with van der Waals surface area (Å²) in [4.78, 5) is 42.4. The smallest absolute Gasteiger partial charge is 0.338 e. The minimum atomic E-state index is -0.780. The Morgan fingerprint density at radius 2 is 1.85 bits per heavy atom. The first-order valence-corrected chi connectivity index (χ1v) is 11.6. The molecule has 0 N–H and O–H groups in total. The van der Waals surface area contributed by atoms with Gasteiger partial charge in [0, 0.05) is 17.0 Å². The topological polar surface area (TPSA) is 87.0 Å². The zero-order valence-electron chi connectivity index (χ0n) is 18.3. The molecule has 0 amide bonds. The van der Waals surface area contributed by atoms with Crippen LogP contribution in [0.25, 0.3) is 6.08 Å². The molecule has 0 aliphatic carbocycles. The minimum absolute atomic E-state index is 0.242. The van der Waals surface area contributed by atoms with Crippen molar-refractivity contribution in [3.63, 3.8) is 0 Å². The Bertz CT molecular complexity index is 1520. The Hall–Kier alpha value is -3.20. The maximum absolute atomic E-state index is 13.5. The van der Waals surface area contributed by atoms with Gasteiger partial charge in [0.2, 0.25) is 0 Å². The number of rotatable bonds is 4. The minimum Gasteiger partial charge on any atom is -0.466 e. The molecule has 1 atom stereocenters. The molecule has 4 rings (SSSR count). The van der Waals surface area contributed by atoms with Gasteiger partial charge in [0.1, 0.15) is 5.75 Å². The number of carbonyl (C=O) groups is 2. The number of carbonyl (C=O) groups excluding carboxylic acids is 2. The second-order valence-electron chi connectivity index (χ2n) is 7.40. The van der Waals surface area contributed by atoms with Crippen LogP contribution in [0.4, 0.5) is 0 Å². The van der Waals surface area contributed by atoms with Gasteiger partial charge in [0.05, 0.1) is 29.0 Å². The van der Waals surface area contributed by atoms with E-state index in [1.54, 1.807) is 55.5 Å². The zero-order chi connectivity index (χ0) is 24.6. The molecular formula is C24H18Cl2N2O5S. The van der Waals surface area contributed by atoms with E-state index < -0.39 is 18.0 Å². The van der Waals surface area contributed by atoms with Gasteiger partial charge in [-0.05, 0) is 48.4 Å². The summed E-state index contributed by atoms with van der Waals surface area (Å²) in [5.74, 6) is -0.695. The van der Waals surface area contributed by atoms with Gasteiger partial charge in [-0.15, -0.1) is 0 Å². The van der Waals surface area contributed by atoms with Crippen LogP contribution in [0.2, 0.25) is 10.0 Å². The number of halogens is 2. The van der Waals surface area contributed by atoms with Gasteiger partial charge in [-0.3, -0.25) is 14.2 Å². The van der Waals surface area contributed by atoms with Crippen LogP contribution in [-0.4, -0.2) is 23.6 Å². The van der Waals surface area contributed by atoms with E-state index in [1.807, 2.05) is 0 Å². The predicted molar refractivity (Wildman–Crippen MR) is 130 cm³/mol. The molecule has 0 saturated carbocycles. The SMILES string of the molecule is COC(=O)C1=C(C)N=c2s/c(=C/c3ccc(Cl)cc3Cl)c(=O)n2[C@H]1c1ccc(OC(C)=O)cc1. The van der Waals surface area contributed by atoms with Crippen LogP contribution in [0.15, 0.2) is 63.5 Å². The van der Waals surface area contributed by atoms with E-state index in [9.17, 15) is 14.4 Å². The van der Waals surface area contributed by atoms with Crippen molar-refractivity contribution in [1.29, 1.82) is 0 Å².